The zero-order valence-corrected chi connectivity index (χ0v) is 11.7. The molecule has 1 atom stereocenters. The standard InChI is InChI=1S/C16H22N2O/c1-3-6-15(12-19-2)17-11-14-10-9-13-7-4-5-8-16(13)18-14/h4-5,7-10,15,17H,3,6,11-12H2,1-2H3. The molecule has 1 heterocycles. The number of nitrogens with one attached hydrogen (secondary N) is 1. The Hall–Kier alpha value is -1.45. The van der Waals surface area contributed by atoms with Gasteiger partial charge in [-0.05, 0) is 18.6 Å². The van der Waals surface area contributed by atoms with Crippen LogP contribution in [0.25, 0.3) is 10.9 Å². The summed E-state index contributed by atoms with van der Waals surface area (Å²) in [6.07, 6.45) is 2.29. The van der Waals surface area contributed by atoms with Gasteiger partial charge < -0.3 is 10.1 Å². The fourth-order valence-electron chi connectivity index (χ4n) is 2.25. The van der Waals surface area contributed by atoms with Gasteiger partial charge in [-0.2, -0.15) is 0 Å². The number of ether oxygens (including phenoxy) is 1. The van der Waals surface area contributed by atoms with E-state index in [9.17, 15) is 0 Å². The van der Waals surface area contributed by atoms with Crippen molar-refractivity contribution >= 4 is 10.9 Å². The van der Waals surface area contributed by atoms with Crippen LogP contribution in [0.4, 0.5) is 0 Å². The van der Waals surface area contributed by atoms with Gasteiger partial charge in [0.1, 0.15) is 0 Å². The van der Waals surface area contributed by atoms with E-state index < -0.39 is 0 Å². The quantitative estimate of drug-likeness (QED) is 0.828. The Labute approximate surface area is 115 Å². The van der Waals surface area contributed by atoms with Crippen LogP contribution in [0, 0.1) is 0 Å². The second-order valence-electron chi connectivity index (χ2n) is 4.82. The number of fused-ring (bicyclic) bond motifs is 1. The molecule has 1 aromatic heterocycles. The molecule has 0 aliphatic heterocycles. The molecule has 0 bridgehead atoms. The van der Waals surface area contributed by atoms with Gasteiger partial charge in [-0.1, -0.05) is 37.6 Å². The predicted molar refractivity (Wildman–Crippen MR) is 79.2 cm³/mol. The highest BCUT2D eigenvalue weighted by Crippen LogP contribution is 2.11. The number of methoxy groups -OCH3 is 1. The first-order chi connectivity index (χ1) is 9.33. The highest BCUT2D eigenvalue weighted by Gasteiger charge is 2.07. The Kier molecular flexibility index (Phi) is 5.31. The molecule has 0 aliphatic carbocycles. The maximum atomic E-state index is 5.23. The third kappa shape index (κ3) is 4.01. The fraction of sp³-hybridized carbons (Fsp3) is 0.438. The smallest absolute Gasteiger partial charge is 0.0705 e. The summed E-state index contributed by atoms with van der Waals surface area (Å²) in [6, 6.07) is 12.8. The molecule has 2 rings (SSSR count). The van der Waals surface area contributed by atoms with E-state index in [4.69, 9.17) is 4.74 Å². The van der Waals surface area contributed by atoms with Gasteiger partial charge in [0.15, 0.2) is 0 Å². The van der Waals surface area contributed by atoms with E-state index in [1.54, 1.807) is 7.11 Å². The molecule has 0 aliphatic rings. The molecule has 3 heteroatoms. The lowest BCUT2D eigenvalue weighted by Gasteiger charge is -2.16. The molecule has 0 amide bonds. The van der Waals surface area contributed by atoms with Crippen molar-refractivity contribution < 1.29 is 4.74 Å². The minimum Gasteiger partial charge on any atom is -0.383 e. The molecule has 3 nitrogen and oxygen atoms in total. The van der Waals surface area contributed by atoms with Crippen LogP contribution in [0.3, 0.4) is 0 Å². The van der Waals surface area contributed by atoms with E-state index in [-0.39, 0.29) is 0 Å². The van der Waals surface area contributed by atoms with Gasteiger partial charge in [0.25, 0.3) is 0 Å². The largest absolute Gasteiger partial charge is 0.383 e. The molecule has 1 N–H and O–H groups in total. The van der Waals surface area contributed by atoms with Gasteiger partial charge >= 0.3 is 0 Å². The van der Waals surface area contributed by atoms with Gasteiger partial charge in [0.05, 0.1) is 17.8 Å². The second-order valence-corrected chi connectivity index (χ2v) is 4.82. The van der Waals surface area contributed by atoms with Gasteiger partial charge in [0, 0.05) is 25.1 Å². The maximum Gasteiger partial charge on any atom is 0.0705 e. The third-order valence-electron chi connectivity index (χ3n) is 3.23. The third-order valence-corrected chi connectivity index (χ3v) is 3.23. The zero-order valence-electron chi connectivity index (χ0n) is 11.7. The molecular formula is C16H22N2O. The molecule has 2 aromatic rings. The molecule has 1 unspecified atom stereocenters. The van der Waals surface area contributed by atoms with Crippen LogP contribution in [0.1, 0.15) is 25.5 Å². The van der Waals surface area contributed by atoms with Gasteiger partial charge in [-0.3, -0.25) is 4.98 Å². The molecule has 19 heavy (non-hydrogen) atoms. The van der Waals surface area contributed by atoms with Crippen LogP contribution >= 0.6 is 0 Å². The molecule has 0 spiro atoms. The minimum absolute atomic E-state index is 0.406. The molecule has 1 aromatic carbocycles. The SMILES string of the molecule is CCCC(COC)NCc1ccc2ccccc2n1. The summed E-state index contributed by atoms with van der Waals surface area (Å²) in [5.41, 5.74) is 2.14. The number of pyridine rings is 1. The summed E-state index contributed by atoms with van der Waals surface area (Å²) in [5, 5.41) is 4.70. The highest BCUT2D eigenvalue weighted by atomic mass is 16.5. The van der Waals surface area contributed by atoms with Gasteiger partial charge in [-0.15, -0.1) is 0 Å². The number of benzene rings is 1. The second kappa shape index (κ2) is 7.22. The topological polar surface area (TPSA) is 34.1 Å². The van der Waals surface area contributed by atoms with E-state index in [1.165, 1.54) is 5.39 Å². The van der Waals surface area contributed by atoms with Gasteiger partial charge in [-0.25, -0.2) is 0 Å². The van der Waals surface area contributed by atoms with Crippen molar-refractivity contribution in [3.8, 4) is 0 Å². The van der Waals surface area contributed by atoms with Crippen molar-refractivity contribution in [1.82, 2.24) is 10.3 Å². The van der Waals surface area contributed by atoms with Crippen molar-refractivity contribution in [2.45, 2.75) is 32.4 Å². The Morgan fingerprint density at radius 1 is 1.21 bits per heavy atom. The Bertz CT molecular complexity index is 507. The van der Waals surface area contributed by atoms with E-state index >= 15 is 0 Å². The monoisotopic (exact) mass is 258 g/mol. The first-order valence-electron chi connectivity index (χ1n) is 6.90. The number of hydrogen-bond donors (Lipinski definition) is 1. The Morgan fingerprint density at radius 2 is 2.05 bits per heavy atom. The van der Waals surface area contributed by atoms with Crippen molar-refractivity contribution in [2.24, 2.45) is 0 Å². The van der Waals surface area contributed by atoms with Crippen LogP contribution in [0.15, 0.2) is 36.4 Å². The minimum atomic E-state index is 0.406. The van der Waals surface area contributed by atoms with E-state index in [0.717, 1.165) is 37.2 Å². The summed E-state index contributed by atoms with van der Waals surface area (Å²) in [7, 11) is 1.75. The van der Waals surface area contributed by atoms with E-state index in [1.807, 2.05) is 12.1 Å². The van der Waals surface area contributed by atoms with Gasteiger partial charge in [0.2, 0.25) is 0 Å². The molecule has 0 fully saturated rings. The van der Waals surface area contributed by atoms with Crippen LogP contribution in [0.2, 0.25) is 0 Å². The lowest BCUT2D eigenvalue weighted by atomic mass is 10.1. The van der Waals surface area contributed by atoms with E-state index in [0.29, 0.717) is 6.04 Å². The first kappa shape index (κ1) is 14.0. The number of hydrogen-bond acceptors (Lipinski definition) is 3. The summed E-state index contributed by atoms with van der Waals surface area (Å²) >= 11 is 0. The number of rotatable bonds is 7. The maximum absolute atomic E-state index is 5.23. The predicted octanol–water partition coefficient (Wildman–Crippen LogP) is 3.14. The Balaban J connectivity index is 2.00. The molecular weight excluding hydrogens is 236 g/mol. The summed E-state index contributed by atoms with van der Waals surface area (Å²) in [4.78, 5) is 4.66. The molecule has 102 valence electrons. The van der Waals surface area contributed by atoms with Crippen LogP contribution in [0.5, 0.6) is 0 Å². The normalized spacial score (nSPS) is 12.7. The number of nitrogens with zero attached hydrogens (tertiary/aromatic N) is 1. The lowest BCUT2D eigenvalue weighted by molar-refractivity contribution is 0.161. The van der Waals surface area contributed by atoms with E-state index in [2.05, 4.69) is 41.5 Å². The van der Waals surface area contributed by atoms with Crippen LogP contribution in [-0.4, -0.2) is 24.7 Å². The van der Waals surface area contributed by atoms with Crippen LogP contribution in [-0.2, 0) is 11.3 Å². The van der Waals surface area contributed by atoms with Crippen molar-refractivity contribution in [2.75, 3.05) is 13.7 Å². The fourth-order valence-corrected chi connectivity index (χ4v) is 2.25. The lowest BCUT2D eigenvalue weighted by Crippen LogP contribution is -2.32. The van der Waals surface area contributed by atoms with Crippen molar-refractivity contribution in [1.29, 1.82) is 0 Å². The molecule has 0 radical (unpaired) electrons. The average Bonchev–Trinajstić information content (AvgIpc) is 2.45. The summed E-state index contributed by atoms with van der Waals surface area (Å²) in [5.74, 6) is 0. The zero-order chi connectivity index (χ0) is 13.5. The van der Waals surface area contributed by atoms with Crippen molar-refractivity contribution in [3.05, 3.63) is 42.1 Å². The summed E-state index contributed by atoms with van der Waals surface area (Å²) < 4.78 is 5.23. The first-order valence-corrected chi connectivity index (χ1v) is 6.90. The molecule has 0 saturated carbocycles. The van der Waals surface area contributed by atoms with Crippen molar-refractivity contribution in [3.63, 3.8) is 0 Å². The van der Waals surface area contributed by atoms with Crippen LogP contribution < -0.4 is 5.32 Å². The highest BCUT2D eigenvalue weighted by molar-refractivity contribution is 5.78. The summed E-state index contributed by atoms with van der Waals surface area (Å²) in [6.45, 7) is 3.74. The number of para-hydroxylation sites is 1. The average molecular weight is 258 g/mol. The number of aromatic nitrogens is 1. The Morgan fingerprint density at radius 3 is 2.84 bits per heavy atom. The molecule has 0 saturated heterocycles.